The molecule has 6 nitrogen and oxygen atoms in total. The summed E-state index contributed by atoms with van der Waals surface area (Å²) in [5.74, 6) is 0.370. The fraction of sp³-hybridized carbons (Fsp3) is 0.476. The summed E-state index contributed by atoms with van der Waals surface area (Å²) in [6.45, 7) is 8.96. The second kappa shape index (κ2) is 10.9. The number of aliphatic hydroxyl groups is 1. The van der Waals surface area contributed by atoms with Crippen molar-refractivity contribution in [2.45, 2.75) is 48.8 Å². The molecule has 2 aliphatic rings. The first-order valence-corrected chi connectivity index (χ1v) is 12.9. The molecule has 3 N–H and O–H groups in total. The molecule has 0 bridgehead atoms. The first-order valence-electron chi connectivity index (χ1n) is 10.0. The van der Waals surface area contributed by atoms with Crippen LogP contribution < -0.4 is 22.1 Å². The Morgan fingerprint density at radius 3 is 2.42 bits per heavy atom. The van der Waals surface area contributed by atoms with Crippen LogP contribution in [-0.4, -0.2) is 53.1 Å². The zero-order chi connectivity index (χ0) is 21.9. The highest BCUT2D eigenvalue weighted by molar-refractivity contribution is 8.13. The number of halogens is 2. The van der Waals surface area contributed by atoms with Crippen molar-refractivity contribution in [1.29, 1.82) is 0 Å². The smallest absolute Gasteiger partial charge is 0.312 e. The highest BCUT2D eigenvalue weighted by Crippen LogP contribution is 2.44. The molecule has 0 amide bonds. The Hall–Kier alpha value is -0.840. The molecule has 2 fully saturated rings. The van der Waals surface area contributed by atoms with Gasteiger partial charge in [0.1, 0.15) is 18.0 Å². The van der Waals surface area contributed by atoms with Gasteiger partial charge in [-0.05, 0) is 49.6 Å². The van der Waals surface area contributed by atoms with E-state index in [9.17, 15) is 13.5 Å². The van der Waals surface area contributed by atoms with E-state index in [0.717, 1.165) is 30.9 Å². The molecular weight excluding hydrogens is 522 g/mol. The minimum Gasteiger partial charge on any atom is -1.00 e. The van der Waals surface area contributed by atoms with Gasteiger partial charge in [0.05, 0.1) is 16.8 Å². The van der Waals surface area contributed by atoms with Crippen molar-refractivity contribution in [1.82, 2.24) is 4.90 Å². The fourth-order valence-corrected chi connectivity index (χ4v) is 6.72. The number of nitrogens with zero attached hydrogens (tertiary/aromatic N) is 2. The van der Waals surface area contributed by atoms with Crippen molar-refractivity contribution in [3.8, 4) is 0 Å². The molecule has 1 aromatic carbocycles. The molecule has 1 atom stereocenters. The van der Waals surface area contributed by atoms with Crippen LogP contribution in [0.15, 0.2) is 48.4 Å². The monoisotopic (exact) mass is 549 g/mol. The van der Waals surface area contributed by atoms with Crippen LogP contribution in [0.1, 0.15) is 37.7 Å². The van der Waals surface area contributed by atoms with Crippen molar-refractivity contribution >= 4 is 38.6 Å². The number of hydrogen-bond acceptors (Lipinski definition) is 4. The molecule has 1 unspecified atom stereocenters. The lowest BCUT2D eigenvalue weighted by Crippen LogP contribution is -3.00. The summed E-state index contributed by atoms with van der Waals surface area (Å²) in [4.78, 5) is 1.89. The second-order valence-corrected chi connectivity index (χ2v) is 10.6. The van der Waals surface area contributed by atoms with Crippen LogP contribution in [0.4, 0.5) is 0 Å². The lowest BCUT2D eigenvalue weighted by molar-refractivity contribution is -0.511. The maximum absolute atomic E-state index is 12.0. The van der Waals surface area contributed by atoms with Crippen molar-refractivity contribution in [3.05, 3.63) is 54.1 Å². The average molecular weight is 551 g/mol. The number of sulfonamides is 1. The summed E-state index contributed by atoms with van der Waals surface area (Å²) in [5.41, 5.74) is -0.895. The van der Waals surface area contributed by atoms with E-state index in [1.165, 1.54) is 18.6 Å². The van der Waals surface area contributed by atoms with E-state index < -0.39 is 15.7 Å². The normalized spacial score (nSPS) is 22.2. The molecule has 1 saturated heterocycles. The minimum absolute atomic E-state index is 0. The zero-order valence-corrected chi connectivity index (χ0v) is 21.3. The molecule has 0 spiro atoms. The number of nitrogens with two attached hydrogens (primary N) is 1. The van der Waals surface area contributed by atoms with Crippen LogP contribution in [0.3, 0.4) is 0 Å². The average Bonchev–Trinajstić information content (AvgIpc) is 3.06. The van der Waals surface area contributed by atoms with Gasteiger partial charge in [0.15, 0.2) is 0 Å². The van der Waals surface area contributed by atoms with Gasteiger partial charge in [-0.15, -0.1) is 0 Å². The molecule has 1 aliphatic heterocycles. The van der Waals surface area contributed by atoms with Crippen LogP contribution in [-0.2, 0) is 15.7 Å². The van der Waals surface area contributed by atoms with Crippen molar-refractivity contribution < 1.29 is 35.1 Å². The van der Waals surface area contributed by atoms with E-state index in [0.29, 0.717) is 24.4 Å². The Labute approximate surface area is 204 Å². The Morgan fingerprint density at radius 2 is 1.87 bits per heavy atom. The van der Waals surface area contributed by atoms with E-state index in [1.807, 2.05) is 12.2 Å². The molecule has 1 aromatic rings. The third-order valence-corrected chi connectivity index (χ3v) is 8.27. The molecule has 1 aliphatic carbocycles. The Kier molecular flexibility index (Phi) is 9.25. The van der Waals surface area contributed by atoms with E-state index in [-0.39, 0.29) is 32.9 Å². The van der Waals surface area contributed by atoms with Gasteiger partial charge in [-0.25, -0.2) is 23.0 Å². The van der Waals surface area contributed by atoms with Crippen molar-refractivity contribution in [2.24, 2.45) is 5.14 Å². The van der Waals surface area contributed by atoms with Gasteiger partial charge in [0, 0.05) is 5.56 Å². The lowest BCUT2D eigenvalue weighted by Gasteiger charge is -2.36. The van der Waals surface area contributed by atoms with Crippen molar-refractivity contribution in [2.75, 3.05) is 18.8 Å². The topological polar surface area (TPSA) is 86.6 Å². The number of hydrogen-bond donors (Lipinski definition) is 2. The van der Waals surface area contributed by atoms with Crippen LogP contribution >= 0.6 is 23.4 Å². The third-order valence-electron chi connectivity index (χ3n) is 5.62. The summed E-state index contributed by atoms with van der Waals surface area (Å²) in [6, 6.07) is 4.73. The molecule has 10 heteroatoms. The van der Waals surface area contributed by atoms with Crippen LogP contribution in [0.2, 0.25) is 5.02 Å². The standard InChI is InChI=1S/C21H29ClN3O3S2.BrH/c1-3-12-24(13-4-2)20-25(17-8-6-5-7-9-17)21(26,15-29-20)16-10-11-18(22)19(14-16)30(23,27)28;/h3-4,10-11,14,17,26H,1-2,5-9,12-13,15H2,(H2,23,27,28);1H/q+1;/p-1. The summed E-state index contributed by atoms with van der Waals surface area (Å²) >= 11 is 7.65. The molecule has 31 heavy (non-hydrogen) atoms. The van der Waals surface area contributed by atoms with Crippen molar-refractivity contribution in [3.63, 3.8) is 0 Å². The summed E-state index contributed by atoms with van der Waals surface area (Å²) < 4.78 is 26.1. The Balaban J connectivity index is 0.00000341. The summed E-state index contributed by atoms with van der Waals surface area (Å²) in [6.07, 6.45) is 8.98. The molecule has 3 rings (SSSR count). The maximum atomic E-state index is 12.0. The van der Waals surface area contributed by atoms with Gasteiger partial charge in [-0.2, -0.15) is 0 Å². The number of rotatable bonds is 7. The van der Waals surface area contributed by atoms with Gasteiger partial charge in [0.2, 0.25) is 15.7 Å². The van der Waals surface area contributed by atoms with E-state index in [4.69, 9.17) is 16.7 Å². The second-order valence-electron chi connectivity index (χ2n) is 7.72. The predicted octanol–water partition coefficient (Wildman–Crippen LogP) is 0.259. The molecule has 1 heterocycles. The number of thioether (sulfide) groups is 1. The lowest BCUT2D eigenvalue weighted by atomic mass is 9.91. The van der Waals surface area contributed by atoms with Crippen LogP contribution in [0, 0.1) is 0 Å². The first-order chi connectivity index (χ1) is 14.2. The van der Waals surface area contributed by atoms with Gasteiger partial charge in [-0.1, -0.05) is 49.4 Å². The highest BCUT2D eigenvalue weighted by atomic mass is 79.9. The summed E-state index contributed by atoms with van der Waals surface area (Å²) in [5, 5.41) is 18.3. The number of benzene rings is 1. The summed E-state index contributed by atoms with van der Waals surface area (Å²) in [7, 11) is -4.01. The molecule has 172 valence electrons. The van der Waals surface area contributed by atoms with Gasteiger partial charge < -0.3 is 22.1 Å². The molecular formula is C21H29BrClN3O3S2. The predicted molar refractivity (Wildman–Crippen MR) is 123 cm³/mol. The Bertz CT molecular complexity index is 953. The SMILES string of the molecule is C=CC[N+](CC=C)=C1SCC(O)(c2ccc(Cl)c(S(N)(=O)=O)c2)N1C1CCCCC1.[Br-]. The first kappa shape index (κ1) is 26.4. The maximum Gasteiger partial charge on any atom is 0.312 e. The highest BCUT2D eigenvalue weighted by Gasteiger charge is 2.55. The number of amidine groups is 1. The largest absolute Gasteiger partial charge is 1.00 e. The van der Waals surface area contributed by atoms with Gasteiger partial charge in [0.25, 0.3) is 0 Å². The van der Waals surface area contributed by atoms with Gasteiger partial charge >= 0.3 is 5.17 Å². The molecule has 0 radical (unpaired) electrons. The minimum atomic E-state index is -4.01. The quantitative estimate of drug-likeness (QED) is 0.376. The molecule has 1 saturated carbocycles. The Morgan fingerprint density at radius 1 is 1.26 bits per heavy atom. The van der Waals surface area contributed by atoms with Crippen LogP contribution in [0.5, 0.6) is 0 Å². The number of primary sulfonamides is 1. The van der Waals surface area contributed by atoms with E-state index in [2.05, 4.69) is 22.6 Å². The van der Waals surface area contributed by atoms with E-state index in [1.54, 1.807) is 17.8 Å². The van der Waals surface area contributed by atoms with E-state index >= 15 is 0 Å². The fourth-order valence-electron chi connectivity index (χ4n) is 4.24. The van der Waals surface area contributed by atoms with Crippen LogP contribution in [0.25, 0.3) is 0 Å². The third kappa shape index (κ3) is 5.57. The van der Waals surface area contributed by atoms with Gasteiger partial charge in [-0.3, -0.25) is 0 Å². The molecule has 0 aromatic heterocycles. The zero-order valence-electron chi connectivity index (χ0n) is 17.3.